The highest BCUT2D eigenvalue weighted by Crippen LogP contribution is 2.37. The minimum absolute atomic E-state index is 0.00777. The van der Waals surface area contributed by atoms with Crippen LogP contribution in [0, 0.1) is 5.82 Å². The zero-order valence-corrected chi connectivity index (χ0v) is 28.1. The lowest BCUT2D eigenvalue weighted by atomic mass is 10.1. The van der Waals surface area contributed by atoms with Crippen molar-refractivity contribution >= 4 is 53.4 Å². The van der Waals surface area contributed by atoms with Crippen LogP contribution in [0.2, 0.25) is 0 Å². The van der Waals surface area contributed by atoms with Crippen molar-refractivity contribution in [1.82, 2.24) is 15.0 Å². The van der Waals surface area contributed by atoms with Gasteiger partial charge in [0.25, 0.3) is 5.16 Å². The number of carbonyl (C=O) groups is 1. The molecular weight excluding hydrogens is 652 g/mol. The van der Waals surface area contributed by atoms with E-state index in [9.17, 15) is 21.6 Å². The predicted molar refractivity (Wildman–Crippen MR) is 174 cm³/mol. The van der Waals surface area contributed by atoms with Gasteiger partial charge in [-0.05, 0) is 68.3 Å². The van der Waals surface area contributed by atoms with Crippen molar-refractivity contribution in [3.05, 3.63) is 77.6 Å². The van der Waals surface area contributed by atoms with Crippen LogP contribution in [-0.4, -0.2) is 64.7 Å². The molecule has 1 N–H and O–H groups in total. The number of aromatic amines is 1. The maximum atomic E-state index is 15.2. The van der Waals surface area contributed by atoms with Crippen molar-refractivity contribution in [2.24, 2.45) is 0 Å². The number of fused-ring (bicyclic) bond motifs is 3. The van der Waals surface area contributed by atoms with Crippen molar-refractivity contribution < 1.29 is 40.2 Å². The maximum Gasteiger partial charge on any atom is 0.414 e. The molecule has 12 nitrogen and oxygen atoms in total. The van der Waals surface area contributed by atoms with Crippen molar-refractivity contribution in [3.63, 3.8) is 0 Å². The molecule has 0 saturated heterocycles. The molecule has 0 fully saturated rings. The molecule has 0 atom stereocenters. The lowest BCUT2D eigenvalue weighted by Gasteiger charge is -2.25. The lowest BCUT2D eigenvalue weighted by Crippen LogP contribution is -2.34. The first-order chi connectivity index (χ1) is 22.0. The molecule has 5 rings (SSSR count). The number of halogens is 1. The number of methoxy groups -OCH3 is 2. The van der Waals surface area contributed by atoms with E-state index in [0.717, 1.165) is 17.0 Å². The SMILES string of the molecule is COc1ccc(CS(=O)(=O)c2nc(S(=O)(=O)Cc3ccc(OC)cc3)c3c(n2)[nH]c2c(N(C)C(=O)OC(C)(C)C)cc(F)cc23)cc1. The molecule has 0 unspecified atom stereocenters. The monoisotopic (exact) mass is 684 g/mol. The quantitative estimate of drug-likeness (QED) is 0.153. The molecule has 3 aromatic carbocycles. The van der Waals surface area contributed by atoms with Gasteiger partial charge in [0.2, 0.25) is 19.7 Å². The fourth-order valence-electron chi connectivity index (χ4n) is 4.87. The Balaban J connectivity index is 1.73. The molecule has 0 saturated carbocycles. The number of rotatable bonds is 9. The zero-order valence-electron chi connectivity index (χ0n) is 26.5. The predicted octanol–water partition coefficient (Wildman–Crippen LogP) is 5.59. The van der Waals surface area contributed by atoms with Gasteiger partial charge in [0.05, 0.1) is 42.3 Å². The van der Waals surface area contributed by atoms with E-state index in [1.165, 1.54) is 21.3 Å². The van der Waals surface area contributed by atoms with Gasteiger partial charge < -0.3 is 19.2 Å². The van der Waals surface area contributed by atoms with Crippen LogP contribution in [0.4, 0.5) is 14.9 Å². The van der Waals surface area contributed by atoms with Crippen molar-refractivity contribution in [2.45, 2.75) is 48.1 Å². The smallest absolute Gasteiger partial charge is 0.414 e. The Morgan fingerprint density at radius 1 is 0.851 bits per heavy atom. The molecule has 1 amide bonds. The van der Waals surface area contributed by atoms with Crippen LogP contribution >= 0.6 is 0 Å². The number of H-pyrrole nitrogens is 1. The average Bonchev–Trinajstić information content (AvgIpc) is 3.37. The third kappa shape index (κ3) is 7.15. The molecule has 0 spiro atoms. The van der Waals surface area contributed by atoms with Gasteiger partial charge in [-0.15, -0.1) is 0 Å². The molecule has 15 heteroatoms. The number of amides is 1. The van der Waals surface area contributed by atoms with E-state index in [1.54, 1.807) is 69.3 Å². The van der Waals surface area contributed by atoms with Crippen LogP contribution in [0.3, 0.4) is 0 Å². The summed E-state index contributed by atoms with van der Waals surface area (Å²) in [4.78, 5) is 25.3. The van der Waals surface area contributed by atoms with Crippen molar-refractivity contribution in [3.8, 4) is 11.5 Å². The minimum atomic E-state index is -4.39. The number of nitrogens with zero attached hydrogens (tertiary/aromatic N) is 3. The average molecular weight is 685 g/mol. The summed E-state index contributed by atoms with van der Waals surface area (Å²) in [6, 6.07) is 14.7. The first kappa shape index (κ1) is 33.6. The van der Waals surface area contributed by atoms with Gasteiger partial charge in [-0.25, -0.2) is 36.0 Å². The summed E-state index contributed by atoms with van der Waals surface area (Å²) < 4.78 is 86.4. The van der Waals surface area contributed by atoms with Gasteiger partial charge in [0.1, 0.15) is 28.6 Å². The highest BCUT2D eigenvalue weighted by molar-refractivity contribution is 7.91. The summed E-state index contributed by atoms with van der Waals surface area (Å²) in [6.07, 6.45) is -0.802. The van der Waals surface area contributed by atoms with Gasteiger partial charge in [-0.1, -0.05) is 24.3 Å². The molecule has 2 heterocycles. The van der Waals surface area contributed by atoms with Crippen LogP contribution in [0.15, 0.2) is 70.8 Å². The molecule has 0 radical (unpaired) electrons. The first-order valence-electron chi connectivity index (χ1n) is 14.2. The van der Waals surface area contributed by atoms with Crippen molar-refractivity contribution in [1.29, 1.82) is 0 Å². The third-order valence-corrected chi connectivity index (χ3v) is 10.1. The molecule has 0 bridgehead atoms. The Bertz CT molecular complexity index is 2200. The molecular formula is C32H33FN4O8S2. The largest absolute Gasteiger partial charge is 0.497 e. The highest BCUT2D eigenvalue weighted by Gasteiger charge is 2.31. The van der Waals surface area contributed by atoms with E-state index in [4.69, 9.17) is 14.2 Å². The normalized spacial score (nSPS) is 12.3. The fraction of sp³-hybridized carbons (Fsp3) is 0.281. The van der Waals surface area contributed by atoms with Crippen LogP contribution < -0.4 is 14.4 Å². The van der Waals surface area contributed by atoms with Gasteiger partial charge in [-0.3, -0.25) is 4.90 Å². The Morgan fingerprint density at radius 3 is 1.89 bits per heavy atom. The van der Waals surface area contributed by atoms with Gasteiger partial charge in [0, 0.05) is 12.4 Å². The standard InChI is InChI=1S/C32H33FN4O8S2/c1-32(2,3)45-31(38)37(4)25-16-21(33)15-24-26-28(34-27(24)25)35-30(47(41,42)18-20-9-13-23(44-6)14-10-20)36-29(26)46(39,40)17-19-7-11-22(43-5)12-8-19/h7-16H,17-18H2,1-6H3,(H,34,35,36). The van der Waals surface area contributed by atoms with Crippen LogP contribution in [0.1, 0.15) is 31.9 Å². The van der Waals surface area contributed by atoms with E-state index < -0.39 is 58.9 Å². The number of hydrogen-bond donors (Lipinski definition) is 1. The number of benzene rings is 3. The Labute approximate surface area is 271 Å². The molecule has 248 valence electrons. The Hall–Kier alpha value is -4.76. The number of ether oxygens (including phenoxy) is 3. The van der Waals surface area contributed by atoms with E-state index in [-0.39, 0.29) is 27.6 Å². The first-order valence-corrected chi connectivity index (χ1v) is 17.5. The number of aromatic nitrogens is 3. The van der Waals surface area contributed by atoms with E-state index >= 15 is 4.39 Å². The topological polar surface area (TPSA) is 158 Å². The van der Waals surface area contributed by atoms with Crippen LogP contribution in [0.5, 0.6) is 11.5 Å². The maximum absolute atomic E-state index is 15.2. The second kappa shape index (κ2) is 12.4. The lowest BCUT2D eigenvalue weighted by molar-refractivity contribution is 0.0589. The Kier molecular flexibility index (Phi) is 8.90. The minimum Gasteiger partial charge on any atom is -0.497 e. The number of anilines is 1. The fourth-order valence-corrected chi connectivity index (χ4v) is 7.66. The van der Waals surface area contributed by atoms with Crippen LogP contribution in [0.25, 0.3) is 21.9 Å². The number of sulfone groups is 2. The van der Waals surface area contributed by atoms with Crippen molar-refractivity contribution in [2.75, 3.05) is 26.2 Å². The van der Waals surface area contributed by atoms with Gasteiger partial charge in [-0.2, -0.15) is 0 Å². The molecule has 0 aliphatic heterocycles. The number of hydrogen-bond acceptors (Lipinski definition) is 10. The summed E-state index contributed by atoms with van der Waals surface area (Å²) in [7, 11) is -4.39. The summed E-state index contributed by atoms with van der Waals surface area (Å²) in [5.41, 5.74) is -0.155. The summed E-state index contributed by atoms with van der Waals surface area (Å²) in [5.74, 6) is -0.863. The van der Waals surface area contributed by atoms with Gasteiger partial charge >= 0.3 is 6.09 Å². The summed E-state index contributed by atoms with van der Waals surface area (Å²) in [5, 5.41) is -1.47. The van der Waals surface area contributed by atoms with E-state index in [2.05, 4.69) is 15.0 Å². The second-order valence-corrected chi connectivity index (χ2v) is 15.5. The summed E-state index contributed by atoms with van der Waals surface area (Å²) >= 11 is 0. The molecule has 0 aliphatic rings. The molecule has 2 aromatic heterocycles. The van der Waals surface area contributed by atoms with E-state index in [1.807, 2.05) is 0 Å². The highest BCUT2D eigenvalue weighted by atomic mass is 32.2. The molecule has 47 heavy (non-hydrogen) atoms. The molecule has 5 aromatic rings. The number of carbonyl (C=O) groups excluding carboxylic acids is 1. The Morgan fingerprint density at radius 2 is 1.38 bits per heavy atom. The van der Waals surface area contributed by atoms with E-state index in [0.29, 0.717) is 22.6 Å². The molecule has 0 aliphatic carbocycles. The van der Waals surface area contributed by atoms with Crippen LogP contribution in [-0.2, 0) is 35.9 Å². The second-order valence-electron chi connectivity index (χ2n) is 11.8. The number of nitrogens with one attached hydrogen (secondary N) is 1. The zero-order chi connectivity index (χ0) is 34.3. The van der Waals surface area contributed by atoms with Gasteiger partial charge in [0.15, 0.2) is 5.03 Å². The third-order valence-electron chi connectivity index (χ3n) is 7.08. The summed E-state index contributed by atoms with van der Waals surface area (Å²) in [6.45, 7) is 5.02.